The van der Waals surface area contributed by atoms with E-state index in [2.05, 4.69) is 5.32 Å². The van der Waals surface area contributed by atoms with Crippen molar-refractivity contribution in [1.29, 1.82) is 0 Å². The van der Waals surface area contributed by atoms with Gasteiger partial charge in [0.1, 0.15) is 11.6 Å². The zero-order valence-electron chi connectivity index (χ0n) is 11.9. The first-order valence-corrected chi connectivity index (χ1v) is 7.41. The van der Waals surface area contributed by atoms with Crippen molar-refractivity contribution >= 4 is 11.6 Å². The van der Waals surface area contributed by atoms with Crippen LogP contribution in [0.4, 0.5) is 8.78 Å². The Labute approximate surface area is 128 Å². The second kappa shape index (κ2) is 7.53. The number of halogens is 3. The van der Waals surface area contributed by atoms with Crippen LogP contribution in [0.3, 0.4) is 0 Å². The van der Waals surface area contributed by atoms with Crippen LogP contribution >= 0.6 is 11.6 Å². The summed E-state index contributed by atoms with van der Waals surface area (Å²) in [5.41, 5.74) is 1.38. The van der Waals surface area contributed by atoms with Crippen LogP contribution in [0.5, 0.6) is 0 Å². The molecule has 2 aromatic carbocycles. The molecule has 1 atom stereocenters. The number of rotatable bonds is 6. The van der Waals surface area contributed by atoms with Crippen molar-refractivity contribution in [2.45, 2.75) is 25.8 Å². The average molecular weight is 310 g/mol. The van der Waals surface area contributed by atoms with Gasteiger partial charge < -0.3 is 5.32 Å². The monoisotopic (exact) mass is 309 g/mol. The lowest BCUT2D eigenvalue weighted by Crippen LogP contribution is -2.25. The zero-order valence-corrected chi connectivity index (χ0v) is 12.6. The van der Waals surface area contributed by atoms with Gasteiger partial charge in [-0.3, -0.25) is 0 Å². The minimum atomic E-state index is -0.447. The molecule has 2 rings (SSSR count). The molecule has 0 heterocycles. The van der Waals surface area contributed by atoms with Crippen LogP contribution in [0.2, 0.25) is 5.02 Å². The predicted molar refractivity (Wildman–Crippen MR) is 82.5 cm³/mol. The van der Waals surface area contributed by atoms with Crippen LogP contribution in [0.25, 0.3) is 0 Å². The van der Waals surface area contributed by atoms with E-state index in [1.165, 1.54) is 18.2 Å². The van der Waals surface area contributed by atoms with E-state index in [1.54, 1.807) is 18.2 Å². The second-order valence-electron chi connectivity index (χ2n) is 4.98. The molecule has 0 fully saturated rings. The summed E-state index contributed by atoms with van der Waals surface area (Å²) in [5.74, 6) is -0.697. The second-order valence-corrected chi connectivity index (χ2v) is 5.39. The lowest BCUT2D eigenvalue weighted by Gasteiger charge is -2.20. The summed E-state index contributed by atoms with van der Waals surface area (Å²) in [6.07, 6.45) is 1.45. The van der Waals surface area contributed by atoms with Crippen molar-refractivity contribution in [3.05, 3.63) is 70.2 Å². The van der Waals surface area contributed by atoms with Crippen LogP contribution in [-0.4, -0.2) is 6.54 Å². The summed E-state index contributed by atoms with van der Waals surface area (Å²) in [6.45, 7) is 2.82. The molecule has 21 heavy (non-hydrogen) atoms. The maximum Gasteiger partial charge on any atom is 0.142 e. The highest BCUT2D eigenvalue weighted by Crippen LogP contribution is 2.23. The van der Waals surface area contributed by atoms with Crippen LogP contribution in [-0.2, 0) is 6.42 Å². The Morgan fingerprint density at radius 2 is 1.86 bits per heavy atom. The molecular formula is C17H18ClF2N. The maximum absolute atomic E-state index is 14.0. The van der Waals surface area contributed by atoms with Crippen molar-refractivity contribution in [2.24, 2.45) is 0 Å². The highest BCUT2D eigenvalue weighted by Gasteiger charge is 2.16. The molecule has 0 radical (unpaired) electrons. The third-order valence-electron chi connectivity index (χ3n) is 3.35. The highest BCUT2D eigenvalue weighted by atomic mass is 35.5. The topological polar surface area (TPSA) is 12.0 Å². The molecule has 1 N–H and O–H groups in total. The third kappa shape index (κ3) is 4.26. The first kappa shape index (κ1) is 15.9. The Balaban J connectivity index is 2.24. The van der Waals surface area contributed by atoms with Crippen molar-refractivity contribution in [2.75, 3.05) is 6.54 Å². The molecule has 0 spiro atoms. The van der Waals surface area contributed by atoms with Gasteiger partial charge in [-0.25, -0.2) is 8.78 Å². The molecule has 0 saturated carbocycles. The summed E-state index contributed by atoms with van der Waals surface area (Å²) in [6, 6.07) is 11.2. The average Bonchev–Trinajstić information content (AvgIpc) is 2.48. The lowest BCUT2D eigenvalue weighted by molar-refractivity contribution is 0.496. The summed E-state index contributed by atoms with van der Waals surface area (Å²) in [7, 11) is 0. The fourth-order valence-corrected chi connectivity index (χ4v) is 2.39. The Kier molecular flexibility index (Phi) is 5.71. The van der Waals surface area contributed by atoms with E-state index in [9.17, 15) is 8.78 Å². The number of hydrogen-bond acceptors (Lipinski definition) is 1. The molecule has 0 bridgehead atoms. The van der Waals surface area contributed by atoms with E-state index < -0.39 is 5.82 Å². The summed E-state index contributed by atoms with van der Waals surface area (Å²) >= 11 is 5.69. The van der Waals surface area contributed by atoms with Gasteiger partial charge in [0.05, 0.1) is 5.02 Å². The molecule has 4 heteroatoms. The quantitative estimate of drug-likeness (QED) is 0.800. The van der Waals surface area contributed by atoms with E-state index in [0.717, 1.165) is 18.5 Å². The van der Waals surface area contributed by atoms with Gasteiger partial charge in [0, 0.05) is 11.6 Å². The molecular weight excluding hydrogens is 292 g/mol. The number of nitrogens with one attached hydrogen (secondary N) is 1. The van der Waals surface area contributed by atoms with Crippen LogP contribution in [0, 0.1) is 11.6 Å². The molecule has 0 saturated heterocycles. The van der Waals surface area contributed by atoms with Crippen LogP contribution in [0.1, 0.15) is 30.5 Å². The fraction of sp³-hybridized carbons (Fsp3) is 0.294. The first-order chi connectivity index (χ1) is 10.1. The fourth-order valence-electron chi connectivity index (χ4n) is 2.27. The SMILES string of the molecule is CCCNC(Cc1ccc(Cl)c(F)c1)c1ccccc1F. The minimum absolute atomic E-state index is 0.0997. The molecule has 1 unspecified atom stereocenters. The lowest BCUT2D eigenvalue weighted by atomic mass is 9.98. The van der Waals surface area contributed by atoms with E-state index in [0.29, 0.717) is 12.0 Å². The maximum atomic E-state index is 14.0. The van der Waals surface area contributed by atoms with Gasteiger partial charge in [0.15, 0.2) is 0 Å². The first-order valence-electron chi connectivity index (χ1n) is 7.03. The van der Waals surface area contributed by atoms with Crippen LogP contribution in [0.15, 0.2) is 42.5 Å². The molecule has 0 amide bonds. The van der Waals surface area contributed by atoms with E-state index in [1.807, 2.05) is 13.0 Å². The minimum Gasteiger partial charge on any atom is -0.310 e. The van der Waals surface area contributed by atoms with Gasteiger partial charge in [-0.2, -0.15) is 0 Å². The van der Waals surface area contributed by atoms with Gasteiger partial charge in [0.2, 0.25) is 0 Å². The largest absolute Gasteiger partial charge is 0.310 e. The van der Waals surface area contributed by atoms with Crippen molar-refractivity contribution in [3.8, 4) is 0 Å². The molecule has 112 valence electrons. The van der Waals surface area contributed by atoms with Crippen molar-refractivity contribution in [1.82, 2.24) is 5.32 Å². The molecule has 0 aliphatic rings. The smallest absolute Gasteiger partial charge is 0.142 e. The Morgan fingerprint density at radius 1 is 1.10 bits per heavy atom. The van der Waals surface area contributed by atoms with E-state index in [4.69, 9.17) is 11.6 Å². The van der Waals surface area contributed by atoms with E-state index in [-0.39, 0.29) is 16.9 Å². The van der Waals surface area contributed by atoms with Crippen molar-refractivity contribution in [3.63, 3.8) is 0 Å². The van der Waals surface area contributed by atoms with Crippen molar-refractivity contribution < 1.29 is 8.78 Å². The van der Waals surface area contributed by atoms with Crippen LogP contribution < -0.4 is 5.32 Å². The molecule has 0 aliphatic heterocycles. The number of benzene rings is 2. The molecule has 0 aliphatic carbocycles. The standard InChI is InChI=1S/C17H18ClF2N/c1-2-9-21-17(13-5-3-4-6-15(13)19)11-12-7-8-14(18)16(20)10-12/h3-8,10,17,21H,2,9,11H2,1H3. The normalized spacial score (nSPS) is 12.4. The highest BCUT2D eigenvalue weighted by molar-refractivity contribution is 6.30. The Bertz CT molecular complexity index is 601. The van der Waals surface area contributed by atoms with Gasteiger partial charge >= 0.3 is 0 Å². The molecule has 1 nitrogen and oxygen atoms in total. The van der Waals surface area contributed by atoms with E-state index >= 15 is 0 Å². The summed E-state index contributed by atoms with van der Waals surface area (Å²) in [5, 5.41) is 3.41. The van der Waals surface area contributed by atoms with Gasteiger partial charge in [-0.15, -0.1) is 0 Å². The number of hydrogen-bond donors (Lipinski definition) is 1. The summed E-state index contributed by atoms with van der Waals surface area (Å²) in [4.78, 5) is 0. The Morgan fingerprint density at radius 3 is 2.52 bits per heavy atom. The zero-order chi connectivity index (χ0) is 15.2. The Hall–Kier alpha value is -1.45. The molecule has 0 aromatic heterocycles. The van der Waals surface area contributed by atoms with Gasteiger partial charge in [0.25, 0.3) is 0 Å². The van der Waals surface area contributed by atoms with Gasteiger partial charge in [-0.1, -0.05) is 42.8 Å². The predicted octanol–water partition coefficient (Wildman–Crippen LogP) is 4.90. The van der Waals surface area contributed by atoms with Gasteiger partial charge in [-0.05, 0) is 43.1 Å². The third-order valence-corrected chi connectivity index (χ3v) is 3.65. The molecule has 2 aromatic rings. The summed E-state index contributed by atoms with van der Waals surface area (Å²) < 4.78 is 27.5.